The second-order valence-corrected chi connectivity index (χ2v) is 8.39. The van der Waals surface area contributed by atoms with E-state index in [1.807, 2.05) is 4.90 Å². The molecule has 0 radical (unpaired) electrons. The van der Waals surface area contributed by atoms with E-state index in [1.54, 1.807) is 24.2 Å². The van der Waals surface area contributed by atoms with Gasteiger partial charge in [0.05, 0.1) is 23.8 Å². The lowest BCUT2D eigenvalue weighted by atomic mass is 9.93. The number of hydrogen-bond donors (Lipinski definition) is 1. The zero-order valence-corrected chi connectivity index (χ0v) is 17.9. The second-order valence-electron chi connectivity index (χ2n) is 8.39. The monoisotopic (exact) mass is 407 g/mol. The first kappa shape index (κ1) is 20.3. The number of rotatable bonds is 4. The summed E-state index contributed by atoms with van der Waals surface area (Å²) in [5.74, 6) is 0.571. The first-order valence-corrected chi connectivity index (χ1v) is 10.5. The van der Waals surface area contributed by atoms with Crippen molar-refractivity contribution in [1.82, 2.24) is 14.8 Å². The molecule has 4 rings (SSSR count). The van der Waals surface area contributed by atoms with E-state index in [0.29, 0.717) is 17.1 Å². The molecule has 1 atom stereocenters. The normalized spacial score (nSPS) is 18.9. The van der Waals surface area contributed by atoms with Crippen LogP contribution in [0, 0.1) is 0 Å². The van der Waals surface area contributed by atoms with Crippen LogP contribution in [0.25, 0.3) is 0 Å². The third-order valence-corrected chi connectivity index (χ3v) is 5.88. The van der Waals surface area contributed by atoms with Crippen LogP contribution in [0.4, 0.5) is 11.5 Å². The number of amides is 2. The van der Waals surface area contributed by atoms with Gasteiger partial charge in [0.25, 0.3) is 5.91 Å². The molecule has 0 aliphatic carbocycles. The highest BCUT2D eigenvalue weighted by Gasteiger charge is 2.30. The van der Waals surface area contributed by atoms with Gasteiger partial charge in [-0.3, -0.25) is 9.59 Å². The van der Waals surface area contributed by atoms with Crippen LogP contribution >= 0.6 is 0 Å². The number of hydrogen-bond acceptors (Lipinski definition) is 5. The van der Waals surface area contributed by atoms with Crippen LogP contribution < -0.4 is 10.2 Å². The summed E-state index contributed by atoms with van der Waals surface area (Å²) in [6.45, 7) is 1.85. The van der Waals surface area contributed by atoms with Crippen molar-refractivity contribution in [3.05, 3.63) is 53.2 Å². The molecule has 30 heavy (non-hydrogen) atoms. The molecule has 2 amide bonds. The SMILES string of the molecule is CN(C)Cc1ccc(C2CCCCN2C(=O)c2cnc3c(c2)N(C)C(=O)CN3)cc1. The largest absolute Gasteiger partial charge is 0.359 e. The van der Waals surface area contributed by atoms with Crippen molar-refractivity contribution in [3.8, 4) is 0 Å². The van der Waals surface area contributed by atoms with Gasteiger partial charge in [0.2, 0.25) is 5.91 Å². The Morgan fingerprint density at radius 3 is 2.73 bits per heavy atom. The van der Waals surface area contributed by atoms with E-state index in [-0.39, 0.29) is 24.4 Å². The van der Waals surface area contributed by atoms with Crippen LogP contribution in [0.15, 0.2) is 36.5 Å². The lowest BCUT2D eigenvalue weighted by Crippen LogP contribution is -2.40. The molecule has 7 heteroatoms. The quantitative estimate of drug-likeness (QED) is 0.844. The predicted molar refractivity (Wildman–Crippen MR) is 118 cm³/mol. The van der Waals surface area contributed by atoms with E-state index in [0.717, 1.165) is 32.4 Å². The van der Waals surface area contributed by atoms with Crippen molar-refractivity contribution in [2.45, 2.75) is 31.8 Å². The zero-order chi connectivity index (χ0) is 21.3. The number of nitrogens with one attached hydrogen (secondary N) is 1. The molecule has 1 unspecified atom stereocenters. The fourth-order valence-electron chi connectivity index (χ4n) is 4.27. The molecular weight excluding hydrogens is 378 g/mol. The maximum absolute atomic E-state index is 13.4. The Morgan fingerprint density at radius 2 is 2.00 bits per heavy atom. The Kier molecular flexibility index (Phi) is 5.72. The van der Waals surface area contributed by atoms with Gasteiger partial charge in [-0.2, -0.15) is 0 Å². The molecule has 0 bridgehead atoms. The summed E-state index contributed by atoms with van der Waals surface area (Å²) in [7, 11) is 5.84. The van der Waals surface area contributed by atoms with E-state index in [4.69, 9.17) is 0 Å². The number of pyridine rings is 1. The fourth-order valence-corrected chi connectivity index (χ4v) is 4.27. The third kappa shape index (κ3) is 4.03. The molecule has 2 aromatic rings. The summed E-state index contributed by atoms with van der Waals surface area (Å²) >= 11 is 0. The van der Waals surface area contributed by atoms with E-state index < -0.39 is 0 Å². The topological polar surface area (TPSA) is 68.8 Å². The van der Waals surface area contributed by atoms with Gasteiger partial charge >= 0.3 is 0 Å². The van der Waals surface area contributed by atoms with Gasteiger partial charge in [0, 0.05) is 26.3 Å². The van der Waals surface area contributed by atoms with E-state index in [2.05, 4.69) is 53.6 Å². The smallest absolute Gasteiger partial charge is 0.256 e. The standard InChI is InChI=1S/C23H29N5O2/c1-26(2)15-16-7-9-17(10-8-16)19-6-4-5-11-28(19)23(30)18-12-20-22(24-13-18)25-14-21(29)27(20)3/h7-10,12-13,19H,4-6,11,14-15H2,1-3H3,(H,24,25). The molecule has 2 aliphatic rings. The minimum absolute atomic E-state index is 0.0289. The molecule has 0 spiro atoms. The number of fused-ring (bicyclic) bond motifs is 1. The molecule has 1 N–H and O–H groups in total. The van der Waals surface area contributed by atoms with Gasteiger partial charge in [-0.1, -0.05) is 24.3 Å². The number of carbonyl (C=O) groups excluding carboxylic acids is 2. The van der Waals surface area contributed by atoms with Crippen molar-refractivity contribution in [2.75, 3.05) is 44.4 Å². The third-order valence-electron chi connectivity index (χ3n) is 5.88. The van der Waals surface area contributed by atoms with Crippen LogP contribution in [0.1, 0.15) is 46.8 Å². The highest BCUT2D eigenvalue weighted by atomic mass is 16.2. The average molecular weight is 408 g/mol. The lowest BCUT2D eigenvalue weighted by Gasteiger charge is -2.36. The van der Waals surface area contributed by atoms with Crippen molar-refractivity contribution in [1.29, 1.82) is 0 Å². The lowest BCUT2D eigenvalue weighted by molar-refractivity contribution is -0.116. The predicted octanol–water partition coefficient (Wildman–Crippen LogP) is 2.90. The summed E-state index contributed by atoms with van der Waals surface area (Å²) in [5.41, 5.74) is 3.61. The van der Waals surface area contributed by atoms with Crippen LogP contribution in [-0.4, -0.2) is 60.8 Å². The van der Waals surface area contributed by atoms with Crippen molar-refractivity contribution < 1.29 is 9.59 Å². The van der Waals surface area contributed by atoms with Crippen LogP contribution in [0.3, 0.4) is 0 Å². The summed E-state index contributed by atoms with van der Waals surface area (Å²) in [4.78, 5) is 35.5. The first-order chi connectivity index (χ1) is 14.4. The molecule has 1 fully saturated rings. The van der Waals surface area contributed by atoms with Gasteiger partial charge in [-0.25, -0.2) is 4.98 Å². The Labute approximate surface area is 177 Å². The zero-order valence-electron chi connectivity index (χ0n) is 17.9. The fraction of sp³-hybridized carbons (Fsp3) is 0.435. The Balaban J connectivity index is 1.58. The number of aromatic nitrogens is 1. The number of likely N-dealkylation sites (N-methyl/N-ethyl adjacent to an activating group) is 1. The minimum Gasteiger partial charge on any atom is -0.359 e. The first-order valence-electron chi connectivity index (χ1n) is 10.5. The highest BCUT2D eigenvalue weighted by molar-refractivity contribution is 6.03. The van der Waals surface area contributed by atoms with Gasteiger partial charge in [-0.15, -0.1) is 0 Å². The van der Waals surface area contributed by atoms with Gasteiger partial charge in [0.1, 0.15) is 5.82 Å². The highest BCUT2D eigenvalue weighted by Crippen LogP contribution is 2.34. The van der Waals surface area contributed by atoms with E-state index >= 15 is 0 Å². The number of nitrogens with zero attached hydrogens (tertiary/aromatic N) is 4. The summed E-state index contributed by atoms with van der Waals surface area (Å²) in [6, 6.07) is 10.4. The number of carbonyl (C=O) groups is 2. The van der Waals surface area contributed by atoms with Crippen molar-refractivity contribution >= 4 is 23.3 Å². The number of benzene rings is 1. The number of likely N-dealkylation sites (tertiary alicyclic amines) is 1. The number of piperidine rings is 1. The molecule has 7 nitrogen and oxygen atoms in total. The van der Waals surface area contributed by atoms with Gasteiger partial charge in [-0.05, 0) is 50.6 Å². The molecule has 1 aromatic carbocycles. The van der Waals surface area contributed by atoms with E-state index in [1.165, 1.54) is 11.1 Å². The molecule has 1 aromatic heterocycles. The van der Waals surface area contributed by atoms with E-state index in [9.17, 15) is 9.59 Å². The molecule has 2 aliphatic heterocycles. The average Bonchev–Trinajstić information content (AvgIpc) is 2.76. The van der Waals surface area contributed by atoms with Crippen molar-refractivity contribution in [3.63, 3.8) is 0 Å². The molecule has 0 saturated carbocycles. The van der Waals surface area contributed by atoms with Crippen LogP contribution in [0.2, 0.25) is 0 Å². The number of anilines is 2. The molecular formula is C23H29N5O2. The van der Waals surface area contributed by atoms with Crippen molar-refractivity contribution in [2.24, 2.45) is 0 Å². The van der Waals surface area contributed by atoms with Crippen LogP contribution in [-0.2, 0) is 11.3 Å². The second kappa shape index (κ2) is 8.44. The summed E-state index contributed by atoms with van der Waals surface area (Å²) in [5, 5.41) is 3.01. The Bertz CT molecular complexity index is 941. The molecule has 1 saturated heterocycles. The van der Waals surface area contributed by atoms with Gasteiger partial charge < -0.3 is 20.0 Å². The molecule has 158 valence electrons. The maximum atomic E-state index is 13.4. The maximum Gasteiger partial charge on any atom is 0.256 e. The Morgan fingerprint density at radius 1 is 1.23 bits per heavy atom. The summed E-state index contributed by atoms with van der Waals surface area (Å²) < 4.78 is 0. The minimum atomic E-state index is -0.0393. The molecule has 3 heterocycles. The van der Waals surface area contributed by atoms with Crippen LogP contribution in [0.5, 0.6) is 0 Å². The van der Waals surface area contributed by atoms with Gasteiger partial charge in [0.15, 0.2) is 0 Å². The Hall–Kier alpha value is -2.93. The summed E-state index contributed by atoms with van der Waals surface area (Å²) in [6.07, 6.45) is 4.68.